The predicted molar refractivity (Wildman–Crippen MR) is 77.6 cm³/mol. The average Bonchev–Trinajstić information content (AvgIpc) is 2.62. The van der Waals surface area contributed by atoms with Crippen LogP contribution in [-0.4, -0.2) is 31.6 Å². The smallest absolute Gasteiger partial charge is 0.0383 e. The molecule has 1 aliphatic rings. The lowest BCUT2D eigenvalue weighted by Crippen LogP contribution is -2.26. The van der Waals surface area contributed by atoms with Crippen LogP contribution in [0.3, 0.4) is 0 Å². The van der Waals surface area contributed by atoms with Crippen molar-refractivity contribution in [2.45, 2.75) is 32.4 Å². The van der Waals surface area contributed by atoms with Crippen molar-refractivity contribution < 1.29 is 0 Å². The van der Waals surface area contributed by atoms with Crippen LogP contribution in [0.2, 0.25) is 0 Å². The molecule has 0 N–H and O–H groups in total. The lowest BCUT2D eigenvalue weighted by Gasteiger charge is -2.25. The maximum atomic E-state index is 3.62. The highest BCUT2D eigenvalue weighted by molar-refractivity contribution is 9.10. The number of hydrogen-bond acceptors (Lipinski definition) is 2. The van der Waals surface area contributed by atoms with Crippen molar-refractivity contribution in [3.8, 4) is 0 Å². The zero-order valence-electron chi connectivity index (χ0n) is 10.9. The zero-order valence-corrected chi connectivity index (χ0v) is 12.5. The first kappa shape index (κ1) is 12.9. The zero-order chi connectivity index (χ0) is 12.4. The molecule has 1 aromatic carbocycles. The highest BCUT2D eigenvalue weighted by atomic mass is 79.9. The van der Waals surface area contributed by atoms with E-state index in [1.165, 1.54) is 35.1 Å². The highest BCUT2D eigenvalue weighted by Gasteiger charge is 2.20. The van der Waals surface area contributed by atoms with Crippen LogP contribution in [0.4, 0.5) is 5.69 Å². The van der Waals surface area contributed by atoms with Crippen molar-refractivity contribution in [1.82, 2.24) is 4.90 Å². The molecule has 0 spiro atoms. The van der Waals surface area contributed by atoms with Gasteiger partial charge >= 0.3 is 0 Å². The van der Waals surface area contributed by atoms with Gasteiger partial charge in [0, 0.05) is 29.3 Å². The minimum absolute atomic E-state index is 0.677. The van der Waals surface area contributed by atoms with Crippen LogP contribution in [-0.2, 0) is 6.54 Å². The van der Waals surface area contributed by atoms with Gasteiger partial charge in [-0.25, -0.2) is 0 Å². The lowest BCUT2D eigenvalue weighted by atomic mass is 10.1. The molecule has 94 valence electrons. The van der Waals surface area contributed by atoms with Gasteiger partial charge < -0.3 is 9.80 Å². The molecular formula is C14H21BrN2. The van der Waals surface area contributed by atoms with Crippen LogP contribution in [0.1, 0.15) is 25.3 Å². The molecule has 0 amide bonds. The van der Waals surface area contributed by atoms with Crippen LogP contribution in [0.5, 0.6) is 0 Å². The molecule has 1 atom stereocenters. The molecule has 1 heterocycles. The standard InChI is InChI=1S/C14H21BrN2/c1-11-5-4-6-17(11)14-8-12(10-16(2)3)7-13(15)9-14/h7-9,11H,4-6,10H2,1-3H3/t11-/m1/s1. The summed E-state index contributed by atoms with van der Waals surface area (Å²) in [6.07, 6.45) is 2.63. The first-order valence-corrected chi connectivity index (χ1v) is 7.06. The quantitative estimate of drug-likeness (QED) is 0.842. The monoisotopic (exact) mass is 296 g/mol. The van der Waals surface area contributed by atoms with Gasteiger partial charge in [0.2, 0.25) is 0 Å². The summed E-state index contributed by atoms with van der Waals surface area (Å²) in [5, 5.41) is 0. The van der Waals surface area contributed by atoms with E-state index in [0.29, 0.717) is 6.04 Å². The molecule has 0 bridgehead atoms. The Labute approximate surface area is 113 Å². The number of rotatable bonds is 3. The third kappa shape index (κ3) is 3.23. The summed E-state index contributed by atoms with van der Waals surface area (Å²) in [4.78, 5) is 4.73. The van der Waals surface area contributed by atoms with E-state index < -0.39 is 0 Å². The molecule has 0 aliphatic carbocycles. The first-order chi connectivity index (χ1) is 8.06. The van der Waals surface area contributed by atoms with Crippen LogP contribution < -0.4 is 4.90 Å². The molecule has 17 heavy (non-hydrogen) atoms. The third-order valence-corrected chi connectivity index (χ3v) is 3.78. The molecule has 1 fully saturated rings. The summed E-state index contributed by atoms with van der Waals surface area (Å²) in [5.41, 5.74) is 2.74. The van der Waals surface area contributed by atoms with E-state index in [9.17, 15) is 0 Å². The lowest BCUT2D eigenvalue weighted by molar-refractivity contribution is 0.402. The molecule has 1 saturated heterocycles. The normalized spacial score (nSPS) is 20.3. The van der Waals surface area contributed by atoms with E-state index in [1.54, 1.807) is 0 Å². The SMILES string of the molecule is C[C@@H]1CCCN1c1cc(Br)cc(CN(C)C)c1. The van der Waals surface area contributed by atoms with Crippen molar-refractivity contribution in [3.63, 3.8) is 0 Å². The van der Waals surface area contributed by atoms with E-state index in [1.807, 2.05) is 0 Å². The van der Waals surface area contributed by atoms with E-state index in [-0.39, 0.29) is 0 Å². The minimum Gasteiger partial charge on any atom is -0.369 e. The Hall–Kier alpha value is -0.540. The van der Waals surface area contributed by atoms with Gasteiger partial charge in [-0.05, 0) is 57.6 Å². The van der Waals surface area contributed by atoms with E-state index in [4.69, 9.17) is 0 Å². The van der Waals surface area contributed by atoms with E-state index >= 15 is 0 Å². The summed E-state index contributed by atoms with van der Waals surface area (Å²) < 4.78 is 1.19. The van der Waals surface area contributed by atoms with E-state index in [2.05, 4.69) is 64.9 Å². The largest absolute Gasteiger partial charge is 0.369 e. The van der Waals surface area contributed by atoms with Crippen LogP contribution in [0, 0.1) is 0 Å². The molecule has 0 aromatic heterocycles. The Kier molecular flexibility index (Phi) is 4.10. The van der Waals surface area contributed by atoms with Gasteiger partial charge in [-0.15, -0.1) is 0 Å². The van der Waals surface area contributed by atoms with Gasteiger partial charge in [0.05, 0.1) is 0 Å². The van der Waals surface area contributed by atoms with Crippen molar-refractivity contribution in [3.05, 3.63) is 28.2 Å². The number of halogens is 1. The van der Waals surface area contributed by atoms with Crippen LogP contribution in [0.25, 0.3) is 0 Å². The van der Waals surface area contributed by atoms with Crippen LogP contribution >= 0.6 is 15.9 Å². The predicted octanol–water partition coefficient (Wildman–Crippen LogP) is 3.50. The number of nitrogens with zero attached hydrogens (tertiary/aromatic N) is 2. The second kappa shape index (κ2) is 5.40. The number of hydrogen-bond donors (Lipinski definition) is 0. The minimum atomic E-state index is 0.677. The van der Waals surface area contributed by atoms with Crippen molar-refractivity contribution >= 4 is 21.6 Å². The van der Waals surface area contributed by atoms with E-state index in [0.717, 1.165) is 6.54 Å². The average molecular weight is 297 g/mol. The first-order valence-electron chi connectivity index (χ1n) is 6.27. The van der Waals surface area contributed by atoms with Gasteiger partial charge in [-0.2, -0.15) is 0 Å². The van der Waals surface area contributed by atoms with Crippen molar-refractivity contribution in [1.29, 1.82) is 0 Å². The fraction of sp³-hybridized carbons (Fsp3) is 0.571. The summed E-state index contributed by atoms with van der Waals surface area (Å²) in [5.74, 6) is 0. The van der Waals surface area contributed by atoms with Gasteiger partial charge in [0.25, 0.3) is 0 Å². The molecule has 0 unspecified atom stereocenters. The highest BCUT2D eigenvalue weighted by Crippen LogP contribution is 2.29. The Morgan fingerprint density at radius 3 is 2.71 bits per heavy atom. The van der Waals surface area contributed by atoms with Crippen LogP contribution in [0.15, 0.2) is 22.7 Å². The molecule has 2 nitrogen and oxygen atoms in total. The molecular weight excluding hydrogens is 276 g/mol. The molecule has 0 saturated carbocycles. The van der Waals surface area contributed by atoms with Crippen molar-refractivity contribution in [2.24, 2.45) is 0 Å². The molecule has 1 aliphatic heterocycles. The summed E-state index contributed by atoms with van der Waals surface area (Å²) in [6.45, 7) is 4.51. The Morgan fingerprint density at radius 2 is 2.12 bits per heavy atom. The topological polar surface area (TPSA) is 6.48 Å². The Morgan fingerprint density at radius 1 is 1.35 bits per heavy atom. The van der Waals surface area contributed by atoms with Gasteiger partial charge in [0.15, 0.2) is 0 Å². The summed E-state index contributed by atoms with van der Waals surface area (Å²) in [7, 11) is 4.22. The molecule has 0 radical (unpaired) electrons. The fourth-order valence-corrected chi connectivity index (χ4v) is 3.10. The maximum Gasteiger partial charge on any atom is 0.0383 e. The van der Waals surface area contributed by atoms with Gasteiger partial charge in [0.1, 0.15) is 0 Å². The Bertz CT molecular complexity index is 390. The van der Waals surface area contributed by atoms with Gasteiger partial charge in [-0.3, -0.25) is 0 Å². The van der Waals surface area contributed by atoms with Gasteiger partial charge in [-0.1, -0.05) is 15.9 Å². The molecule has 1 aromatic rings. The van der Waals surface area contributed by atoms with Crippen molar-refractivity contribution in [2.75, 3.05) is 25.5 Å². The Balaban J connectivity index is 2.24. The third-order valence-electron chi connectivity index (χ3n) is 3.33. The molecule has 3 heteroatoms. The maximum absolute atomic E-state index is 3.62. The number of benzene rings is 1. The second-order valence-corrected chi connectivity index (χ2v) is 6.16. The summed E-state index contributed by atoms with van der Waals surface area (Å²) >= 11 is 3.62. The summed E-state index contributed by atoms with van der Waals surface area (Å²) in [6, 6.07) is 7.45. The number of anilines is 1. The second-order valence-electron chi connectivity index (χ2n) is 5.24. The molecule has 2 rings (SSSR count). The fourth-order valence-electron chi connectivity index (χ4n) is 2.57.